The second-order valence-corrected chi connectivity index (χ2v) is 4.18. The molecular formula is C14H20O4. The van der Waals surface area contributed by atoms with Gasteiger partial charge in [-0.1, -0.05) is 18.7 Å². The average Bonchev–Trinajstić information content (AvgIpc) is 2.39. The van der Waals surface area contributed by atoms with Crippen LogP contribution in [0.5, 0.6) is 5.75 Å². The first-order chi connectivity index (χ1) is 8.58. The molecule has 0 unspecified atom stereocenters. The van der Waals surface area contributed by atoms with Crippen molar-refractivity contribution < 1.29 is 19.7 Å². The van der Waals surface area contributed by atoms with Gasteiger partial charge in [-0.15, -0.1) is 0 Å². The molecule has 0 heterocycles. The molecule has 1 aromatic carbocycles. The summed E-state index contributed by atoms with van der Waals surface area (Å²) in [7, 11) is 1.61. The first kappa shape index (κ1) is 14.7. The van der Waals surface area contributed by atoms with Crippen LogP contribution in [0, 0.1) is 0 Å². The molecule has 1 rings (SSSR count). The Morgan fingerprint density at radius 3 is 2.39 bits per heavy atom. The number of methoxy groups -OCH3 is 1. The highest BCUT2D eigenvalue weighted by molar-refractivity contribution is 5.26. The summed E-state index contributed by atoms with van der Waals surface area (Å²) in [6.07, 6.45) is -1.50. The largest absolute Gasteiger partial charge is 0.497 e. The number of ether oxygens (including phenoxy) is 2. The van der Waals surface area contributed by atoms with Crippen molar-refractivity contribution in [2.75, 3.05) is 13.7 Å². The second-order valence-electron chi connectivity index (χ2n) is 4.18. The molecule has 0 saturated heterocycles. The SMILES string of the molecule is C=C(C)[C@@H](OCc1ccc(OC)cc1)[C@H](O)CO. The van der Waals surface area contributed by atoms with Gasteiger partial charge in [-0.3, -0.25) is 0 Å². The number of aliphatic hydroxyl groups is 2. The third-order valence-corrected chi connectivity index (χ3v) is 2.61. The van der Waals surface area contributed by atoms with E-state index in [4.69, 9.17) is 14.6 Å². The lowest BCUT2D eigenvalue weighted by Crippen LogP contribution is -2.32. The van der Waals surface area contributed by atoms with Crippen LogP contribution in [0.2, 0.25) is 0 Å². The van der Waals surface area contributed by atoms with Crippen LogP contribution >= 0.6 is 0 Å². The summed E-state index contributed by atoms with van der Waals surface area (Å²) >= 11 is 0. The van der Waals surface area contributed by atoms with Crippen LogP contribution in [0.25, 0.3) is 0 Å². The quantitative estimate of drug-likeness (QED) is 0.722. The second kappa shape index (κ2) is 7.16. The Balaban J connectivity index is 2.58. The van der Waals surface area contributed by atoms with Crippen LogP contribution < -0.4 is 4.74 Å². The highest BCUT2D eigenvalue weighted by atomic mass is 16.5. The van der Waals surface area contributed by atoms with E-state index in [2.05, 4.69) is 6.58 Å². The highest BCUT2D eigenvalue weighted by Crippen LogP contribution is 2.15. The number of rotatable bonds is 7. The van der Waals surface area contributed by atoms with Crippen molar-refractivity contribution >= 4 is 0 Å². The number of aliphatic hydroxyl groups excluding tert-OH is 2. The van der Waals surface area contributed by atoms with Gasteiger partial charge in [0.05, 0.1) is 20.3 Å². The molecule has 18 heavy (non-hydrogen) atoms. The van der Waals surface area contributed by atoms with Gasteiger partial charge in [-0.2, -0.15) is 0 Å². The number of benzene rings is 1. The van der Waals surface area contributed by atoms with Gasteiger partial charge in [0, 0.05) is 0 Å². The van der Waals surface area contributed by atoms with Crippen LogP contribution in [-0.2, 0) is 11.3 Å². The Hall–Kier alpha value is -1.36. The maximum Gasteiger partial charge on any atom is 0.118 e. The van der Waals surface area contributed by atoms with Crippen molar-refractivity contribution in [2.45, 2.75) is 25.7 Å². The van der Waals surface area contributed by atoms with E-state index < -0.39 is 12.2 Å². The molecule has 4 heteroatoms. The summed E-state index contributed by atoms with van der Waals surface area (Å²) in [5.41, 5.74) is 1.65. The topological polar surface area (TPSA) is 58.9 Å². The van der Waals surface area contributed by atoms with Gasteiger partial charge in [0.15, 0.2) is 0 Å². The Kier molecular flexibility index (Phi) is 5.85. The summed E-state index contributed by atoms with van der Waals surface area (Å²) in [4.78, 5) is 0. The summed E-state index contributed by atoms with van der Waals surface area (Å²) in [6.45, 7) is 5.51. The summed E-state index contributed by atoms with van der Waals surface area (Å²) in [5, 5.41) is 18.5. The lowest BCUT2D eigenvalue weighted by Gasteiger charge is -2.22. The lowest BCUT2D eigenvalue weighted by molar-refractivity contribution is -0.0459. The Labute approximate surface area is 107 Å². The predicted molar refractivity (Wildman–Crippen MR) is 69.5 cm³/mol. The van der Waals surface area contributed by atoms with Gasteiger partial charge in [-0.25, -0.2) is 0 Å². The van der Waals surface area contributed by atoms with Crippen LogP contribution in [0.15, 0.2) is 36.4 Å². The van der Waals surface area contributed by atoms with E-state index in [-0.39, 0.29) is 6.61 Å². The van der Waals surface area contributed by atoms with E-state index >= 15 is 0 Å². The zero-order valence-electron chi connectivity index (χ0n) is 10.8. The molecular weight excluding hydrogens is 232 g/mol. The molecule has 1 aromatic rings. The number of hydrogen-bond donors (Lipinski definition) is 2. The molecule has 0 aromatic heterocycles. The van der Waals surface area contributed by atoms with Gasteiger partial charge in [-0.05, 0) is 30.2 Å². The normalized spacial score (nSPS) is 14.0. The molecule has 0 amide bonds. The Morgan fingerprint density at radius 2 is 1.94 bits per heavy atom. The molecule has 2 N–H and O–H groups in total. The summed E-state index contributed by atoms with van der Waals surface area (Å²) in [6, 6.07) is 7.47. The third-order valence-electron chi connectivity index (χ3n) is 2.61. The first-order valence-electron chi connectivity index (χ1n) is 5.77. The zero-order chi connectivity index (χ0) is 13.5. The van der Waals surface area contributed by atoms with Gasteiger partial charge < -0.3 is 19.7 Å². The molecule has 0 bridgehead atoms. The van der Waals surface area contributed by atoms with Crippen LogP contribution in [0.1, 0.15) is 12.5 Å². The maximum absolute atomic E-state index is 9.59. The smallest absolute Gasteiger partial charge is 0.118 e. The van der Waals surface area contributed by atoms with Gasteiger partial charge in [0.2, 0.25) is 0 Å². The third kappa shape index (κ3) is 4.14. The van der Waals surface area contributed by atoms with E-state index in [0.717, 1.165) is 11.3 Å². The van der Waals surface area contributed by atoms with Crippen LogP contribution in [-0.4, -0.2) is 36.1 Å². The van der Waals surface area contributed by atoms with Crippen LogP contribution in [0.4, 0.5) is 0 Å². The summed E-state index contributed by atoms with van der Waals surface area (Å²) < 4.78 is 10.6. The molecule has 4 nitrogen and oxygen atoms in total. The maximum atomic E-state index is 9.59. The van der Waals surface area contributed by atoms with Crippen LogP contribution in [0.3, 0.4) is 0 Å². The van der Waals surface area contributed by atoms with Crippen molar-refractivity contribution in [3.8, 4) is 5.75 Å². The molecule has 0 fully saturated rings. The predicted octanol–water partition coefficient (Wildman–Crippen LogP) is 1.51. The van der Waals surface area contributed by atoms with E-state index in [0.29, 0.717) is 12.2 Å². The minimum atomic E-state index is -0.944. The van der Waals surface area contributed by atoms with Crippen molar-refractivity contribution in [1.29, 1.82) is 0 Å². The van der Waals surface area contributed by atoms with E-state index in [1.165, 1.54) is 0 Å². The molecule has 0 spiro atoms. The monoisotopic (exact) mass is 252 g/mol. The minimum absolute atomic E-state index is 0.346. The number of hydrogen-bond acceptors (Lipinski definition) is 4. The Bertz CT molecular complexity index is 372. The average molecular weight is 252 g/mol. The van der Waals surface area contributed by atoms with Gasteiger partial charge in [0.25, 0.3) is 0 Å². The molecule has 2 atom stereocenters. The van der Waals surface area contributed by atoms with Crippen molar-refractivity contribution in [3.05, 3.63) is 42.0 Å². The molecule has 0 aliphatic rings. The van der Waals surface area contributed by atoms with E-state index in [9.17, 15) is 5.11 Å². The Morgan fingerprint density at radius 1 is 1.33 bits per heavy atom. The van der Waals surface area contributed by atoms with E-state index in [1.54, 1.807) is 14.0 Å². The van der Waals surface area contributed by atoms with Crippen molar-refractivity contribution in [1.82, 2.24) is 0 Å². The van der Waals surface area contributed by atoms with Gasteiger partial charge >= 0.3 is 0 Å². The molecule has 0 aliphatic heterocycles. The first-order valence-corrected chi connectivity index (χ1v) is 5.77. The van der Waals surface area contributed by atoms with E-state index in [1.807, 2.05) is 24.3 Å². The summed E-state index contributed by atoms with van der Waals surface area (Å²) in [5.74, 6) is 0.783. The standard InChI is InChI=1S/C14H20O4/c1-10(2)14(13(16)8-15)18-9-11-4-6-12(17-3)7-5-11/h4-7,13-16H,1,8-9H2,2-3H3/t13-,14-/m1/s1. The van der Waals surface area contributed by atoms with Gasteiger partial charge in [0.1, 0.15) is 18.0 Å². The molecule has 100 valence electrons. The highest BCUT2D eigenvalue weighted by Gasteiger charge is 2.19. The fourth-order valence-electron chi connectivity index (χ4n) is 1.59. The molecule has 0 radical (unpaired) electrons. The molecule has 0 saturated carbocycles. The zero-order valence-corrected chi connectivity index (χ0v) is 10.8. The fraction of sp³-hybridized carbons (Fsp3) is 0.429. The fourth-order valence-corrected chi connectivity index (χ4v) is 1.59. The van der Waals surface area contributed by atoms with Crippen molar-refractivity contribution in [3.63, 3.8) is 0 Å². The molecule has 0 aliphatic carbocycles. The lowest BCUT2D eigenvalue weighted by atomic mass is 10.1. The van der Waals surface area contributed by atoms with Crippen molar-refractivity contribution in [2.24, 2.45) is 0 Å². The minimum Gasteiger partial charge on any atom is -0.497 e.